The standard InChI is InChI=1S/C17H21ClN2S/c1-3-21-17-9-5-8-16(15(17)11-19)20(2)12-13-6-4-7-14(18)10-13/h4-10H,3,11-12,19H2,1-2H3. The van der Waals surface area contributed by atoms with Gasteiger partial charge in [-0.3, -0.25) is 0 Å². The van der Waals surface area contributed by atoms with Crippen molar-refractivity contribution < 1.29 is 0 Å². The number of hydrogen-bond donors (Lipinski definition) is 1. The monoisotopic (exact) mass is 320 g/mol. The molecule has 2 aromatic rings. The van der Waals surface area contributed by atoms with E-state index < -0.39 is 0 Å². The fourth-order valence-electron chi connectivity index (χ4n) is 2.40. The van der Waals surface area contributed by atoms with Crippen molar-refractivity contribution in [2.45, 2.75) is 24.9 Å². The first-order valence-corrected chi connectivity index (χ1v) is 8.42. The normalized spacial score (nSPS) is 10.7. The molecule has 2 nitrogen and oxygen atoms in total. The zero-order chi connectivity index (χ0) is 15.2. The largest absolute Gasteiger partial charge is 0.370 e. The summed E-state index contributed by atoms with van der Waals surface area (Å²) in [4.78, 5) is 3.50. The van der Waals surface area contributed by atoms with Crippen molar-refractivity contribution >= 4 is 29.1 Å². The van der Waals surface area contributed by atoms with Crippen molar-refractivity contribution in [2.75, 3.05) is 17.7 Å². The summed E-state index contributed by atoms with van der Waals surface area (Å²) in [5, 5.41) is 0.773. The summed E-state index contributed by atoms with van der Waals surface area (Å²) in [6.45, 7) is 3.53. The quantitative estimate of drug-likeness (QED) is 0.792. The van der Waals surface area contributed by atoms with E-state index in [1.165, 1.54) is 21.7 Å². The van der Waals surface area contributed by atoms with E-state index in [-0.39, 0.29) is 0 Å². The van der Waals surface area contributed by atoms with Crippen LogP contribution in [0, 0.1) is 0 Å². The molecule has 2 aromatic carbocycles. The Hall–Kier alpha value is -1.16. The van der Waals surface area contributed by atoms with Crippen LogP contribution in [0.25, 0.3) is 0 Å². The van der Waals surface area contributed by atoms with Gasteiger partial charge in [0.05, 0.1) is 0 Å². The molecule has 2 rings (SSSR count). The molecular formula is C17H21ClN2S. The summed E-state index contributed by atoms with van der Waals surface area (Å²) in [6, 6.07) is 14.4. The Morgan fingerprint density at radius 2 is 1.95 bits per heavy atom. The van der Waals surface area contributed by atoms with Crippen LogP contribution in [-0.2, 0) is 13.1 Å². The smallest absolute Gasteiger partial charge is 0.0426 e. The Labute approximate surface area is 136 Å². The summed E-state index contributed by atoms with van der Waals surface area (Å²) in [7, 11) is 2.09. The maximum atomic E-state index is 6.06. The first-order chi connectivity index (χ1) is 10.2. The third-order valence-corrected chi connectivity index (χ3v) is 4.55. The van der Waals surface area contributed by atoms with Crippen LogP contribution in [0.3, 0.4) is 0 Å². The number of halogens is 1. The van der Waals surface area contributed by atoms with Crippen molar-refractivity contribution in [1.82, 2.24) is 0 Å². The van der Waals surface area contributed by atoms with Crippen molar-refractivity contribution in [3.63, 3.8) is 0 Å². The van der Waals surface area contributed by atoms with E-state index in [9.17, 15) is 0 Å². The van der Waals surface area contributed by atoms with Gasteiger partial charge in [-0.25, -0.2) is 0 Å². The minimum absolute atomic E-state index is 0.554. The molecule has 0 spiro atoms. The molecule has 0 aliphatic carbocycles. The molecule has 0 saturated heterocycles. The molecule has 0 fully saturated rings. The van der Waals surface area contributed by atoms with E-state index in [2.05, 4.69) is 43.1 Å². The van der Waals surface area contributed by atoms with Crippen LogP contribution in [0.1, 0.15) is 18.1 Å². The van der Waals surface area contributed by atoms with E-state index in [4.69, 9.17) is 17.3 Å². The minimum Gasteiger partial charge on any atom is -0.370 e. The first-order valence-electron chi connectivity index (χ1n) is 7.06. The number of anilines is 1. The van der Waals surface area contributed by atoms with Gasteiger partial charge in [0, 0.05) is 41.3 Å². The number of nitrogens with zero attached hydrogens (tertiary/aromatic N) is 1. The van der Waals surface area contributed by atoms with Gasteiger partial charge in [-0.05, 0) is 35.6 Å². The lowest BCUT2D eigenvalue weighted by atomic mass is 10.1. The molecule has 0 aliphatic heterocycles. The molecular weight excluding hydrogens is 300 g/mol. The minimum atomic E-state index is 0.554. The maximum Gasteiger partial charge on any atom is 0.0426 e. The zero-order valence-corrected chi connectivity index (χ0v) is 14.0. The van der Waals surface area contributed by atoms with Crippen LogP contribution in [0.5, 0.6) is 0 Å². The van der Waals surface area contributed by atoms with Gasteiger partial charge in [0.15, 0.2) is 0 Å². The van der Waals surface area contributed by atoms with Gasteiger partial charge in [-0.2, -0.15) is 0 Å². The predicted molar refractivity (Wildman–Crippen MR) is 94.3 cm³/mol. The van der Waals surface area contributed by atoms with Gasteiger partial charge >= 0.3 is 0 Å². The lowest BCUT2D eigenvalue weighted by Crippen LogP contribution is -2.19. The van der Waals surface area contributed by atoms with Crippen LogP contribution in [0.2, 0.25) is 5.02 Å². The second-order valence-corrected chi connectivity index (χ2v) is 6.62. The van der Waals surface area contributed by atoms with Crippen LogP contribution in [0.15, 0.2) is 47.4 Å². The molecule has 21 heavy (non-hydrogen) atoms. The third kappa shape index (κ3) is 4.16. The highest BCUT2D eigenvalue weighted by atomic mass is 35.5. The molecule has 4 heteroatoms. The van der Waals surface area contributed by atoms with Crippen LogP contribution < -0.4 is 10.6 Å². The molecule has 0 bridgehead atoms. The second-order valence-electron chi connectivity index (χ2n) is 4.88. The number of hydrogen-bond acceptors (Lipinski definition) is 3. The topological polar surface area (TPSA) is 29.3 Å². The van der Waals surface area contributed by atoms with E-state index >= 15 is 0 Å². The fourth-order valence-corrected chi connectivity index (χ4v) is 3.46. The van der Waals surface area contributed by atoms with Gasteiger partial charge < -0.3 is 10.6 Å². The van der Waals surface area contributed by atoms with Crippen molar-refractivity contribution in [2.24, 2.45) is 5.73 Å². The fraction of sp³-hybridized carbons (Fsp3) is 0.294. The van der Waals surface area contributed by atoms with Crippen molar-refractivity contribution in [3.8, 4) is 0 Å². The predicted octanol–water partition coefficient (Wildman–Crippen LogP) is 4.55. The summed E-state index contributed by atoms with van der Waals surface area (Å²) < 4.78 is 0. The zero-order valence-electron chi connectivity index (χ0n) is 12.5. The summed E-state index contributed by atoms with van der Waals surface area (Å²) in [5.74, 6) is 1.05. The van der Waals surface area contributed by atoms with E-state index in [1.807, 2.05) is 30.0 Å². The highest BCUT2D eigenvalue weighted by Crippen LogP contribution is 2.30. The van der Waals surface area contributed by atoms with Gasteiger partial charge in [0.25, 0.3) is 0 Å². The molecule has 0 amide bonds. The highest BCUT2D eigenvalue weighted by molar-refractivity contribution is 7.99. The summed E-state index contributed by atoms with van der Waals surface area (Å²) in [6.07, 6.45) is 0. The number of nitrogens with two attached hydrogens (primary N) is 1. The molecule has 0 atom stereocenters. The molecule has 0 heterocycles. The van der Waals surface area contributed by atoms with E-state index in [0.717, 1.165) is 17.3 Å². The molecule has 0 saturated carbocycles. The molecule has 0 aromatic heterocycles. The van der Waals surface area contributed by atoms with Crippen LogP contribution in [-0.4, -0.2) is 12.8 Å². The molecule has 2 N–H and O–H groups in total. The van der Waals surface area contributed by atoms with Crippen molar-refractivity contribution in [3.05, 3.63) is 58.6 Å². The Bertz CT molecular complexity index is 601. The third-order valence-electron chi connectivity index (χ3n) is 3.33. The Morgan fingerprint density at radius 1 is 1.19 bits per heavy atom. The van der Waals surface area contributed by atoms with E-state index in [1.54, 1.807) is 0 Å². The lowest BCUT2D eigenvalue weighted by Gasteiger charge is -2.24. The van der Waals surface area contributed by atoms with Crippen LogP contribution >= 0.6 is 23.4 Å². The molecule has 0 unspecified atom stereocenters. The van der Waals surface area contributed by atoms with Crippen molar-refractivity contribution in [1.29, 1.82) is 0 Å². The average molecular weight is 321 g/mol. The second kappa shape index (κ2) is 7.74. The summed E-state index contributed by atoms with van der Waals surface area (Å²) in [5.41, 5.74) is 9.58. The average Bonchev–Trinajstić information content (AvgIpc) is 2.47. The SMILES string of the molecule is CCSc1cccc(N(C)Cc2cccc(Cl)c2)c1CN. The molecule has 112 valence electrons. The number of rotatable bonds is 6. The molecule has 0 radical (unpaired) electrons. The maximum absolute atomic E-state index is 6.06. The Morgan fingerprint density at radius 3 is 2.62 bits per heavy atom. The van der Waals surface area contributed by atoms with Gasteiger partial charge in [-0.1, -0.05) is 36.7 Å². The first kappa shape index (κ1) is 16.2. The highest BCUT2D eigenvalue weighted by Gasteiger charge is 2.11. The van der Waals surface area contributed by atoms with Gasteiger partial charge in [0.1, 0.15) is 0 Å². The number of benzene rings is 2. The molecule has 0 aliphatic rings. The Kier molecular flexibility index (Phi) is 5.97. The Balaban J connectivity index is 2.26. The number of thioether (sulfide) groups is 1. The van der Waals surface area contributed by atoms with Crippen LogP contribution in [0.4, 0.5) is 5.69 Å². The van der Waals surface area contributed by atoms with E-state index in [0.29, 0.717) is 6.54 Å². The summed E-state index contributed by atoms with van der Waals surface area (Å²) >= 11 is 7.90. The van der Waals surface area contributed by atoms with Gasteiger partial charge in [0.2, 0.25) is 0 Å². The van der Waals surface area contributed by atoms with Gasteiger partial charge in [-0.15, -0.1) is 11.8 Å². The lowest BCUT2D eigenvalue weighted by molar-refractivity contribution is 0.894.